The number of hydrogen-bond donors (Lipinski definition) is 1. The van der Waals surface area contributed by atoms with E-state index in [2.05, 4.69) is 22.1 Å². The van der Waals surface area contributed by atoms with E-state index in [1.807, 2.05) is 23.1 Å². The molecule has 1 saturated carbocycles. The van der Waals surface area contributed by atoms with Gasteiger partial charge in [-0.15, -0.1) is 0 Å². The third kappa shape index (κ3) is 3.18. The van der Waals surface area contributed by atoms with Crippen molar-refractivity contribution in [3.05, 3.63) is 63.3 Å². The maximum atomic E-state index is 13.5. The minimum atomic E-state index is -0.109. The molecule has 1 atom stereocenters. The minimum absolute atomic E-state index is 0.0993. The molecule has 0 bridgehead atoms. The van der Waals surface area contributed by atoms with Gasteiger partial charge in [0.15, 0.2) is 0 Å². The van der Waals surface area contributed by atoms with Crippen LogP contribution < -0.4 is 5.56 Å². The fraction of sp³-hybridized carbons (Fsp3) is 0.476. The summed E-state index contributed by atoms with van der Waals surface area (Å²) in [6.45, 7) is 2.80. The molecule has 1 aliphatic heterocycles. The van der Waals surface area contributed by atoms with Gasteiger partial charge in [0.2, 0.25) is 5.91 Å². The van der Waals surface area contributed by atoms with Crippen molar-refractivity contribution in [3.63, 3.8) is 0 Å². The molecule has 2 aliphatic rings. The van der Waals surface area contributed by atoms with Gasteiger partial charge in [0, 0.05) is 13.0 Å². The number of aromatic nitrogens is 2. The Morgan fingerprint density at radius 1 is 1.23 bits per heavy atom. The fourth-order valence-electron chi connectivity index (χ4n) is 4.50. The molecule has 2 aromatic rings. The van der Waals surface area contributed by atoms with Crippen molar-refractivity contribution in [2.45, 2.75) is 51.5 Å². The van der Waals surface area contributed by atoms with Crippen LogP contribution in [0.25, 0.3) is 0 Å². The Morgan fingerprint density at radius 2 is 1.96 bits per heavy atom. The maximum Gasteiger partial charge on any atom is 0.256 e. The van der Waals surface area contributed by atoms with E-state index >= 15 is 0 Å². The summed E-state index contributed by atoms with van der Waals surface area (Å²) in [5.74, 6) is 1.11. The van der Waals surface area contributed by atoms with Crippen molar-refractivity contribution >= 4 is 5.91 Å². The third-order valence-corrected chi connectivity index (χ3v) is 5.79. The zero-order valence-corrected chi connectivity index (χ0v) is 15.2. The number of benzene rings is 1. The van der Waals surface area contributed by atoms with Crippen LogP contribution in [0.4, 0.5) is 0 Å². The number of hydrogen-bond acceptors (Lipinski definition) is 3. The lowest BCUT2D eigenvalue weighted by molar-refractivity contribution is -0.135. The molecule has 1 aliphatic carbocycles. The van der Waals surface area contributed by atoms with Crippen LogP contribution in [0.1, 0.15) is 54.2 Å². The first-order chi connectivity index (χ1) is 12.6. The van der Waals surface area contributed by atoms with Crippen LogP contribution in [0.3, 0.4) is 0 Å². The van der Waals surface area contributed by atoms with Gasteiger partial charge in [-0.3, -0.25) is 9.59 Å². The lowest BCUT2D eigenvalue weighted by Gasteiger charge is -2.33. The molecule has 2 heterocycles. The lowest BCUT2D eigenvalue weighted by atomic mass is 9.83. The monoisotopic (exact) mass is 351 g/mol. The number of nitrogens with one attached hydrogen (secondary N) is 1. The van der Waals surface area contributed by atoms with E-state index in [4.69, 9.17) is 0 Å². The van der Waals surface area contributed by atoms with E-state index in [1.54, 1.807) is 6.92 Å². The Kier molecular flexibility index (Phi) is 4.62. The van der Waals surface area contributed by atoms with Crippen molar-refractivity contribution in [1.29, 1.82) is 0 Å². The molecular formula is C21H25N3O2. The van der Waals surface area contributed by atoms with Gasteiger partial charge in [-0.25, -0.2) is 4.98 Å². The predicted octanol–water partition coefficient (Wildman–Crippen LogP) is 2.94. The predicted molar refractivity (Wildman–Crippen MR) is 99.9 cm³/mol. The van der Waals surface area contributed by atoms with Crippen molar-refractivity contribution in [2.24, 2.45) is 5.92 Å². The summed E-state index contributed by atoms with van der Waals surface area (Å²) < 4.78 is 0. The van der Waals surface area contributed by atoms with Crippen molar-refractivity contribution in [3.8, 4) is 0 Å². The quantitative estimate of drug-likeness (QED) is 0.924. The van der Waals surface area contributed by atoms with Crippen LogP contribution in [-0.2, 0) is 17.8 Å². The van der Waals surface area contributed by atoms with Gasteiger partial charge in [0.05, 0.1) is 23.7 Å². The second-order valence-electron chi connectivity index (χ2n) is 7.52. The standard InChI is InChI=1S/C21H25N3O2/c1-14-22-18-11-12-24(13-17(18)20(25)23-14)21(26)19(16-9-5-6-10-16)15-7-3-2-4-8-15/h2-4,7-8,16,19H,5-6,9-13H2,1H3,(H,22,23,25). The van der Waals surface area contributed by atoms with Crippen molar-refractivity contribution in [1.82, 2.24) is 14.9 Å². The van der Waals surface area contributed by atoms with Crippen LogP contribution in [0, 0.1) is 12.8 Å². The number of nitrogens with zero attached hydrogens (tertiary/aromatic N) is 2. The molecule has 5 heteroatoms. The van der Waals surface area contributed by atoms with Crippen molar-refractivity contribution in [2.75, 3.05) is 6.54 Å². The Hall–Kier alpha value is -2.43. The molecule has 1 aromatic carbocycles. The topological polar surface area (TPSA) is 66.1 Å². The molecule has 4 rings (SSSR count). The Labute approximate surface area is 153 Å². The number of rotatable bonds is 3. The highest BCUT2D eigenvalue weighted by Crippen LogP contribution is 2.39. The first kappa shape index (κ1) is 17.0. The average Bonchev–Trinajstić information content (AvgIpc) is 3.16. The van der Waals surface area contributed by atoms with Gasteiger partial charge in [-0.1, -0.05) is 43.2 Å². The largest absolute Gasteiger partial charge is 0.337 e. The second-order valence-corrected chi connectivity index (χ2v) is 7.52. The molecule has 1 unspecified atom stereocenters. The van der Waals surface area contributed by atoms with Gasteiger partial charge in [-0.05, 0) is 31.2 Å². The number of aromatic amines is 1. The second kappa shape index (κ2) is 7.06. The van der Waals surface area contributed by atoms with Crippen LogP contribution in [-0.4, -0.2) is 27.3 Å². The Balaban J connectivity index is 1.63. The van der Waals surface area contributed by atoms with Gasteiger partial charge < -0.3 is 9.88 Å². The first-order valence-electron chi connectivity index (χ1n) is 9.56. The molecular weight excluding hydrogens is 326 g/mol. The van der Waals surface area contributed by atoms with E-state index in [9.17, 15) is 9.59 Å². The SMILES string of the molecule is Cc1nc2c(c(=O)[nH]1)CN(C(=O)C(c1ccccc1)C1CCCC1)CC2. The van der Waals surface area contributed by atoms with Crippen LogP contribution in [0.5, 0.6) is 0 Å². The molecule has 26 heavy (non-hydrogen) atoms. The molecule has 1 N–H and O–H groups in total. The molecule has 136 valence electrons. The maximum absolute atomic E-state index is 13.5. The number of fused-ring (bicyclic) bond motifs is 1. The van der Waals surface area contributed by atoms with Gasteiger partial charge in [0.25, 0.3) is 5.56 Å². The van der Waals surface area contributed by atoms with Crippen LogP contribution in [0.15, 0.2) is 35.1 Å². The lowest BCUT2D eigenvalue weighted by Crippen LogP contribution is -2.43. The number of H-pyrrole nitrogens is 1. The van der Waals surface area contributed by atoms with E-state index in [0.29, 0.717) is 36.8 Å². The first-order valence-corrected chi connectivity index (χ1v) is 9.56. The minimum Gasteiger partial charge on any atom is -0.337 e. The third-order valence-electron chi connectivity index (χ3n) is 5.79. The summed E-state index contributed by atoms with van der Waals surface area (Å²) in [7, 11) is 0. The number of aryl methyl sites for hydroxylation is 1. The van der Waals surface area contributed by atoms with Gasteiger partial charge in [-0.2, -0.15) is 0 Å². The van der Waals surface area contributed by atoms with E-state index in [1.165, 1.54) is 12.8 Å². The number of carbonyl (C=O) groups excluding carboxylic acids is 1. The van der Waals surface area contributed by atoms with E-state index in [-0.39, 0.29) is 17.4 Å². The van der Waals surface area contributed by atoms with Crippen molar-refractivity contribution < 1.29 is 4.79 Å². The summed E-state index contributed by atoms with van der Waals surface area (Å²) >= 11 is 0. The summed E-state index contributed by atoms with van der Waals surface area (Å²) in [4.78, 5) is 34.9. The smallest absolute Gasteiger partial charge is 0.256 e. The Bertz CT molecular complexity index is 853. The normalized spacial score (nSPS) is 18.6. The number of amides is 1. The summed E-state index contributed by atoms with van der Waals surface area (Å²) in [5.41, 5.74) is 2.48. The average molecular weight is 351 g/mol. The van der Waals surface area contributed by atoms with Crippen LogP contribution in [0.2, 0.25) is 0 Å². The zero-order chi connectivity index (χ0) is 18.1. The van der Waals surface area contributed by atoms with Crippen LogP contribution >= 0.6 is 0 Å². The van der Waals surface area contributed by atoms with Gasteiger partial charge in [0.1, 0.15) is 5.82 Å². The summed E-state index contributed by atoms with van der Waals surface area (Å²) in [6.07, 6.45) is 5.27. The summed E-state index contributed by atoms with van der Waals surface area (Å²) in [6, 6.07) is 10.1. The molecule has 0 saturated heterocycles. The zero-order valence-electron chi connectivity index (χ0n) is 15.2. The summed E-state index contributed by atoms with van der Waals surface area (Å²) in [5, 5.41) is 0. The highest BCUT2D eigenvalue weighted by atomic mass is 16.2. The fourth-order valence-corrected chi connectivity index (χ4v) is 4.50. The molecule has 0 radical (unpaired) electrons. The highest BCUT2D eigenvalue weighted by molar-refractivity contribution is 5.84. The molecule has 1 amide bonds. The molecule has 5 nitrogen and oxygen atoms in total. The molecule has 0 spiro atoms. The molecule has 1 aromatic heterocycles. The van der Waals surface area contributed by atoms with E-state index in [0.717, 1.165) is 24.1 Å². The highest BCUT2D eigenvalue weighted by Gasteiger charge is 2.36. The number of carbonyl (C=O) groups is 1. The Morgan fingerprint density at radius 3 is 2.69 bits per heavy atom. The van der Waals surface area contributed by atoms with E-state index < -0.39 is 0 Å². The molecule has 1 fully saturated rings. The van der Waals surface area contributed by atoms with Gasteiger partial charge >= 0.3 is 0 Å².